The molecular weight excluding hydrogens is 190 g/mol. The van der Waals surface area contributed by atoms with E-state index in [0.717, 1.165) is 11.3 Å². The Morgan fingerprint density at radius 1 is 1.33 bits per heavy atom. The minimum absolute atomic E-state index is 0.133. The SMILES string of the molecule is CC(C)N(C)c1ccc(/C(N)=N/O)cc1. The van der Waals surface area contributed by atoms with Crippen molar-refractivity contribution in [3.05, 3.63) is 29.8 Å². The highest BCUT2D eigenvalue weighted by Gasteiger charge is 2.05. The molecule has 0 fully saturated rings. The largest absolute Gasteiger partial charge is 0.409 e. The molecule has 0 amide bonds. The van der Waals surface area contributed by atoms with Crippen LogP contribution >= 0.6 is 0 Å². The molecule has 0 saturated heterocycles. The zero-order chi connectivity index (χ0) is 11.4. The normalized spacial score (nSPS) is 11.9. The molecule has 0 unspecified atom stereocenters. The molecule has 0 aromatic heterocycles. The molecule has 15 heavy (non-hydrogen) atoms. The first kappa shape index (κ1) is 11.4. The van der Waals surface area contributed by atoms with Gasteiger partial charge in [0.25, 0.3) is 0 Å². The summed E-state index contributed by atoms with van der Waals surface area (Å²) in [6.07, 6.45) is 0. The maximum absolute atomic E-state index is 8.51. The summed E-state index contributed by atoms with van der Waals surface area (Å²) < 4.78 is 0. The van der Waals surface area contributed by atoms with Crippen LogP contribution in [0.2, 0.25) is 0 Å². The molecule has 1 rings (SSSR count). The summed E-state index contributed by atoms with van der Waals surface area (Å²) in [6.45, 7) is 4.24. The molecule has 0 spiro atoms. The third kappa shape index (κ3) is 2.62. The number of rotatable bonds is 3. The molecule has 0 radical (unpaired) electrons. The number of hydrogen-bond donors (Lipinski definition) is 2. The summed E-state index contributed by atoms with van der Waals surface area (Å²) in [6, 6.07) is 8.02. The van der Waals surface area contributed by atoms with Crippen LogP contribution in [0.5, 0.6) is 0 Å². The molecule has 3 N–H and O–H groups in total. The van der Waals surface area contributed by atoms with Crippen LogP contribution in [0.4, 0.5) is 5.69 Å². The van der Waals surface area contributed by atoms with E-state index >= 15 is 0 Å². The highest BCUT2D eigenvalue weighted by atomic mass is 16.4. The van der Waals surface area contributed by atoms with Crippen LogP contribution in [0.25, 0.3) is 0 Å². The molecule has 1 aromatic rings. The first-order valence-corrected chi connectivity index (χ1v) is 4.87. The Hall–Kier alpha value is -1.71. The molecule has 0 heterocycles. The lowest BCUT2D eigenvalue weighted by atomic mass is 10.1. The van der Waals surface area contributed by atoms with Crippen molar-refractivity contribution in [2.75, 3.05) is 11.9 Å². The van der Waals surface area contributed by atoms with E-state index in [4.69, 9.17) is 10.9 Å². The van der Waals surface area contributed by atoms with E-state index in [2.05, 4.69) is 23.9 Å². The Labute approximate surface area is 90.0 Å². The lowest BCUT2D eigenvalue weighted by Gasteiger charge is -2.23. The van der Waals surface area contributed by atoms with Crippen molar-refractivity contribution in [3.63, 3.8) is 0 Å². The summed E-state index contributed by atoms with van der Waals surface area (Å²) in [5.41, 5.74) is 7.30. The topological polar surface area (TPSA) is 61.8 Å². The molecule has 0 saturated carbocycles. The van der Waals surface area contributed by atoms with E-state index in [1.807, 2.05) is 31.3 Å². The van der Waals surface area contributed by atoms with Gasteiger partial charge in [-0.05, 0) is 38.1 Å². The van der Waals surface area contributed by atoms with Gasteiger partial charge in [0.15, 0.2) is 5.84 Å². The van der Waals surface area contributed by atoms with Crippen LogP contribution in [0.15, 0.2) is 29.4 Å². The highest BCUT2D eigenvalue weighted by molar-refractivity contribution is 5.97. The lowest BCUT2D eigenvalue weighted by molar-refractivity contribution is 0.318. The van der Waals surface area contributed by atoms with Gasteiger partial charge < -0.3 is 15.8 Å². The van der Waals surface area contributed by atoms with Gasteiger partial charge in [-0.3, -0.25) is 0 Å². The summed E-state index contributed by atoms with van der Waals surface area (Å²) >= 11 is 0. The molecule has 0 atom stereocenters. The predicted molar refractivity (Wildman–Crippen MR) is 62.5 cm³/mol. The van der Waals surface area contributed by atoms with Crippen molar-refractivity contribution >= 4 is 11.5 Å². The van der Waals surface area contributed by atoms with Gasteiger partial charge in [-0.25, -0.2) is 0 Å². The summed E-state index contributed by atoms with van der Waals surface area (Å²) in [4.78, 5) is 2.15. The van der Waals surface area contributed by atoms with Gasteiger partial charge in [0.1, 0.15) is 0 Å². The van der Waals surface area contributed by atoms with Gasteiger partial charge >= 0.3 is 0 Å². The summed E-state index contributed by atoms with van der Waals surface area (Å²) in [7, 11) is 2.03. The van der Waals surface area contributed by atoms with Crippen molar-refractivity contribution < 1.29 is 5.21 Å². The molecule has 82 valence electrons. The van der Waals surface area contributed by atoms with E-state index in [9.17, 15) is 0 Å². The first-order valence-electron chi connectivity index (χ1n) is 4.87. The fourth-order valence-electron chi connectivity index (χ4n) is 1.22. The van der Waals surface area contributed by atoms with Crippen LogP contribution in [-0.4, -0.2) is 24.1 Å². The van der Waals surface area contributed by atoms with Gasteiger partial charge in [0.2, 0.25) is 0 Å². The molecule has 0 aliphatic carbocycles. The second-order valence-corrected chi connectivity index (χ2v) is 3.74. The van der Waals surface area contributed by atoms with E-state index in [-0.39, 0.29) is 5.84 Å². The second kappa shape index (κ2) is 4.68. The van der Waals surface area contributed by atoms with Crippen LogP contribution < -0.4 is 10.6 Å². The molecule has 1 aromatic carbocycles. The zero-order valence-corrected chi connectivity index (χ0v) is 9.31. The Balaban J connectivity index is 2.90. The fraction of sp³-hybridized carbons (Fsp3) is 0.364. The van der Waals surface area contributed by atoms with Gasteiger partial charge in [-0.1, -0.05) is 5.16 Å². The quantitative estimate of drug-likeness (QED) is 0.343. The van der Waals surface area contributed by atoms with E-state index < -0.39 is 0 Å². The summed E-state index contributed by atoms with van der Waals surface area (Å²) in [5.74, 6) is 0.133. The molecular formula is C11H17N3O. The van der Waals surface area contributed by atoms with Gasteiger partial charge in [-0.15, -0.1) is 0 Å². The maximum Gasteiger partial charge on any atom is 0.170 e. The second-order valence-electron chi connectivity index (χ2n) is 3.74. The number of hydrogen-bond acceptors (Lipinski definition) is 3. The average Bonchev–Trinajstić information content (AvgIpc) is 2.27. The van der Waals surface area contributed by atoms with Gasteiger partial charge in [-0.2, -0.15) is 0 Å². The Kier molecular flexibility index (Phi) is 3.55. The Bertz CT molecular complexity index is 343. The van der Waals surface area contributed by atoms with E-state index in [0.29, 0.717) is 6.04 Å². The Morgan fingerprint density at radius 2 is 1.87 bits per heavy atom. The highest BCUT2D eigenvalue weighted by Crippen LogP contribution is 2.15. The van der Waals surface area contributed by atoms with E-state index in [1.165, 1.54) is 0 Å². The van der Waals surface area contributed by atoms with Crippen molar-refractivity contribution in [1.82, 2.24) is 0 Å². The molecule has 0 aliphatic heterocycles. The number of anilines is 1. The number of amidine groups is 1. The van der Waals surface area contributed by atoms with Crippen LogP contribution in [0, 0.1) is 0 Å². The number of nitrogens with two attached hydrogens (primary N) is 1. The lowest BCUT2D eigenvalue weighted by Crippen LogP contribution is -2.25. The molecule has 4 nitrogen and oxygen atoms in total. The maximum atomic E-state index is 8.51. The van der Waals surface area contributed by atoms with Crippen molar-refractivity contribution in [2.45, 2.75) is 19.9 Å². The third-order valence-corrected chi connectivity index (χ3v) is 2.45. The molecule has 0 bridgehead atoms. The first-order chi connectivity index (χ1) is 7.06. The predicted octanol–water partition coefficient (Wildman–Crippen LogP) is 1.63. The number of benzene rings is 1. The molecule has 0 aliphatic rings. The van der Waals surface area contributed by atoms with Crippen LogP contribution in [-0.2, 0) is 0 Å². The van der Waals surface area contributed by atoms with Crippen molar-refractivity contribution in [2.24, 2.45) is 10.9 Å². The van der Waals surface area contributed by atoms with Gasteiger partial charge in [0, 0.05) is 24.3 Å². The minimum atomic E-state index is 0.133. The zero-order valence-electron chi connectivity index (χ0n) is 9.31. The minimum Gasteiger partial charge on any atom is -0.409 e. The fourth-order valence-corrected chi connectivity index (χ4v) is 1.22. The number of oxime groups is 1. The van der Waals surface area contributed by atoms with Gasteiger partial charge in [0.05, 0.1) is 0 Å². The number of nitrogens with zero attached hydrogens (tertiary/aromatic N) is 2. The van der Waals surface area contributed by atoms with Crippen LogP contribution in [0.1, 0.15) is 19.4 Å². The Morgan fingerprint density at radius 3 is 2.27 bits per heavy atom. The smallest absolute Gasteiger partial charge is 0.170 e. The third-order valence-electron chi connectivity index (χ3n) is 2.45. The summed E-state index contributed by atoms with van der Waals surface area (Å²) in [5, 5.41) is 11.5. The van der Waals surface area contributed by atoms with E-state index in [1.54, 1.807) is 0 Å². The molecule has 4 heteroatoms. The average molecular weight is 207 g/mol. The van der Waals surface area contributed by atoms with Crippen molar-refractivity contribution in [3.8, 4) is 0 Å². The van der Waals surface area contributed by atoms with Crippen molar-refractivity contribution in [1.29, 1.82) is 0 Å². The standard InChI is InChI=1S/C11H17N3O/c1-8(2)14(3)10-6-4-9(5-7-10)11(12)13-15/h4-8,15H,1-3H3,(H2,12,13). The monoisotopic (exact) mass is 207 g/mol. The van der Waals surface area contributed by atoms with Crippen LogP contribution in [0.3, 0.4) is 0 Å².